The summed E-state index contributed by atoms with van der Waals surface area (Å²) in [6, 6.07) is 10.9. The minimum atomic E-state index is 0.717. The zero-order chi connectivity index (χ0) is 12.3. The molecule has 0 saturated carbocycles. The first kappa shape index (κ1) is 11.2. The summed E-state index contributed by atoms with van der Waals surface area (Å²) in [6.45, 7) is 5.76. The molecule has 2 N–H and O–H groups in total. The van der Waals surface area contributed by atoms with E-state index in [4.69, 9.17) is 10.5 Å². The summed E-state index contributed by atoms with van der Waals surface area (Å²) in [5.41, 5.74) is 8.07. The highest BCUT2D eigenvalue weighted by Crippen LogP contribution is 2.23. The van der Waals surface area contributed by atoms with Crippen molar-refractivity contribution in [2.24, 2.45) is 0 Å². The molecule has 3 nitrogen and oxygen atoms in total. The fourth-order valence-corrected chi connectivity index (χ4v) is 1.38. The number of aromatic nitrogens is 1. The van der Waals surface area contributed by atoms with Crippen LogP contribution in [0.2, 0.25) is 0 Å². The Labute approximate surface area is 101 Å². The zero-order valence-corrected chi connectivity index (χ0v) is 9.68. The summed E-state index contributed by atoms with van der Waals surface area (Å²) >= 11 is 0. The summed E-state index contributed by atoms with van der Waals surface area (Å²) in [5.74, 6) is 1.49. The zero-order valence-electron chi connectivity index (χ0n) is 9.68. The lowest BCUT2D eigenvalue weighted by Gasteiger charge is -2.07. The van der Waals surface area contributed by atoms with Gasteiger partial charge in [0.2, 0.25) is 0 Å². The molecule has 0 aliphatic carbocycles. The van der Waals surface area contributed by atoms with Crippen LogP contribution >= 0.6 is 0 Å². The first-order valence-electron chi connectivity index (χ1n) is 5.30. The van der Waals surface area contributed by atoms with E-state index in [0.29, 0.717) is 0 Å². The third-order valence-corrected chi connectivity index (χ3v) is 2.28. The maximum Gasteiger partial charge on any atom is 0.131 e. The topological polar surface area (TPSA) is 48.1 Å². The number of anilines is 1. The number of hydrogen-bond donors (Lipinski definition) is 1. The number of hydrogen-bond acceptors (Lipinski definition) is 3. The van der Waals surface area contributed by atoms with Crippen molar-refractivity contribution in [1.82, 2.24) is 4.98 Å². The molecule has 0 amide bonds. The molecule has 0 unspecified atom stereocenters. The molecule has 0 bridgehead atoms. The molecule has 2 aromatic rings. The Balaban J connectivity index is 2.21. The van der Waals surface area contributed by atoms with Crippen molar-refractivity contribution in [3.8, 4) is 11.5 Å². The van der Waals surface area contributed by atoms with Gasteiger partial charge >= 0.3 is 0 Å². The molecule has 1 heterocycles. The number of nitrogens with two attached hydrogens (primary N) is 1. The number of benzene rings is 1. The lowest BCUT2D eigenvalue weighted by molar-refractivity contribution is 0.482. The summed E-state index contributed by atoms with van der Waals surface area (Å²) in [5, 5.41) is 0. The summed E-state index contributed by atoms with van der Waals surface area (Å²) in [6.07, 6.45) is 1.71. The molecule has 0 saturated heterocycles. The highest BCUT2D eigenvalue weighted by atomic mass is 16.5. The molecular weight excluding hydrogens is 212 g/mol. The molecule has 0 aliphatic heterocycles. The van der Waals surface area contributed by atoms with E-state index >= 15 is 0 Å². The van der Waals surface area contributed by atoms with Gasteiger partial charge in [0, 0.05) is 18.0 Å². The monoisotopic (exact) mass is 226 g/mol. The maximum absolute atomic E-state index is 5.69. The largest absolute Gasteiger partial charge is 0.457 e. The Kier molecular flexibility index (Phi) is 3.10. The van der Waals surface area contributed by atoms with Crippen molar-refractivity contribution in [3.05, 3.63) is 54.9 Å². The molecule has 0 radical (unpaired) electrons. The molecular formula is C14H14N2O. The Morgan fingerprint density at radius 2 is 1.88 bits per heavy atom. The highest BCUT2D eigenvalue weighted by Gasteiger charge is 2.00. The molecule has 3 heteroatoms. The number of nitrogens with zero attached hydrogens (tertiary/aromatic N) is 1. The van der Waals surface area contributed by atoms with Crippen LogP contribution in [0.1, 0.15) is 12.6 Å². The maximum atomic E-state index is 5.69. The minimum Gasteiger partial charge on any atom is -0.457 e. The van der Waals surface area contributed by atoms with Crippen LogP contribution in [0.25, 0.3) is 5.57 Å². The average molecular weight is 226 g/mol. The van der Waals surface area contributed by atoms with Crippen LogP contribution in [0, 0.1) is 0 Å². The SMILES string of the molecule is C=C(C)c1cc(Oc2ccc(N)cc2)ccn1. The van der Waals surface area contributed by atoms with Gasteiger partial charge in [0.15, 0.2) is 0 Å². The number of nitrogen functional groups attached to an aromatic ring is 1. The summed E-state index contributed by atoms with van der Waals surface area (Å²) in [7, 11) is 0. The number of pyridine rings is 1. The van der Waals surface area contributed by atoms with Crippen molar-refractivity contribution in [1.29, 1.82) is 0 Å². The van der Waals surface area contributed by atoms with Gasteiger partial charge in [0.25, 0.3) is 0 Å². The minimum absolute atomic E-state index is 0.717. The Morgan fingerprint density at radius 1 is 1.18 bits per heavy atom. The van der Waals surface area contributed by atoms with Gasteiger partial charge in [-0.25, -0.2) is 0 Å². The van der Waals surface area contributed by atoms with Gasteiger partial charge in [-0.1, -0.05) is 6.58 Å². The van der Waals surface area contributed by atoms with Crippen molar-refractivity contribution in [2.75, 3.05) is 5.73 Å². The molecule has 17 heavy (non-hydrogen) atoms. The number of rotatable bonds is 3. The number of allylic oxidation sites excluding steroid dienone is 1. The van der Waals surface area contributed by atoms with E-state index in [9.17, 15) is 0 Å². The third-order valence-electron chi connectivity index (χ3n) is 2.28. The highest BCUT2D eigenvalue weighted by molar-refractivity contribution is 5.59. The van der Waals surface area contributed by atoms with Gasteiger partial charge in [0.05, 0.1) is 5.69 Å². The van der Waals surface area contributed by atoms with Crippen LogP contribution in [-0.2, 0) is 0 Å². The fraction of sp³-hybridized carbons (Fsp3) is 0.0714. The predicted molar refractivity (Wildman–Crippen MR) is 69.9 cm³/mol. The van der Waals surface area contributed by atoms with E-state index in [1.54, 1.807) is 18.3 Å². The standard InChI is InChI=1S/C14H14N2O/c1-10(2)14-9-13(7-8-16-14)17-12-5-3-11(15)4-6-12/h3-9H,1,15H2,2H3. The first-order valence-corrected chi connectivity index (χ1v) is 5.30. The van der Waals surface area contributed by atoms with E-state index in [-0.39, 0.29) is 0 Å². The van der Waals surface area contributed by atoms with Crippen molar-refractivity contribution >= 4 is 11.3 Å². The molecule has 2 rings (SSSR count). The lowest BCUT2D eigenvalue weighted by Crippen LogP contribution is -1.89. The van der Waals surface area contributed by atoms with Gasteiger partial charge in [-0.05, 0) is 42.8 Å². The van der Waals surface area contributed by atoms with E-state index in [0.717, 1.165) is 28.5 Å². The molecule has 1 aromatic carbocycles. The Hall–Kier alpha value is -2.29. The van der Waals surface area contributed by atoms with Gasteiger partial charge in [-0.15, -0.1) is 0 Å². The normalized spacial score (nSPS) is 9.94. The van der Waals surface area contributed by atoms with Gasteiger partial charge in [-0.3, -0.25) is 4.98 Å². The molecule has 0 aliphatic rings. The van der Waals surface area contributed by atoms with Crippen LogP contribution in [0.4, 0.5) is 5.69 Å². The molecule has 0 fully saturated rings. The summed E-state index contributed by atoms with van der Waals surface area (Å²) in [4.78, 5) is 4.20. The predicted octanol–water partition coefficient (Wildman–Crippen LogP) is 3.49. The van der Waals surface area contributed by atoms with Crippen LogP contribution in [-0.4, -0.2) is 4.98 Å². The van der Waals surface area contributed by atoms with Crippen molar-refractivity contribution < 1.29 is 4.74 Å². The van der Waals surface area contributed by atoms with Gasteiger partial charge in [0.1, 0.15) is 11.5 Å². The Morgan fingerprint density at radius 3 is 2.53 bits per heavy atom. The van der Waals surface area contributed by atoms with Gasteiger partial charge < -0.3 is 10.5 Å². The smallest absolute Gasteiger partial charge is 0.131 e. The van der Waals surface area contributed by atoms with Crippen molar-refractivity contribution in [3.63, 3.8) is 0 Å². The van der Waals surface area contributed by atoms with Crippen LogP contribution in [0.5, 0.6) is 11.5 Å². The second-order valence-corrected chi connectivity index (χ2v) is 3.83. The van der Waals surface area contributed by atoms with Gasteiger partial charge in [-0.2, -0.15) is 0 Å². The average Bonchev–Trinajstić information content (AvgIpc) is 2.32. The Bertz CT molecular complexity index is 532. The quantitative estimate of drug-likeness (QED) is 0.815. The van der Waals surface area contributed by atoms with Crippen LogP contribution in [0.15, 0.2) is 49.2 Å². The van der Waals surface area contributed by atoms with E-state index in [2.05, 4.69) is 11.6 Å². The number of ether oxygens (including phenoxy) is 1. The molecule has 1 aromatic heterocycles. The van der Waals surface area contributed by atoms with Crippen LogP contribution in [0.3, 0.4) is 0 Å². The lowest BCUT2D eigenvalue weighted by atomic mass is 10.2. The van der Waals surface area contributed by atoms with E-state index in [1.807, 2.05) is 31.2 Å². The first-order chi connectivity index (χ1) is 8.15. The van der Waals surface area contributed by atoms with E-state index in [1.165, 1.54) is 0 Å². The molecule has 0 spiro atoms. The second-order valence-electron chi connectivity index (χ2n) is 3.83. The third kappa shape index (κ3) is 2.84. The molecule has 86 valence electrons. The fourth-order valence-electron chi connectivity index (χ4n) is 1.38. The molecule has 0 atom stereocenters. The van der Waals surface area contributed by atoms with E-state index < -0.39 is 0 Å². The summed E-state index contributed by atoms with van der Waals surface area (Å²) < 4.78 is 5.69. The second kappa shape index (κ2) is 4.70. The van der Waals surface area contributed by atoms with Crippen molar-refractivity contribution in [2.45, 2.75) is 6.92 Å². The van der Waals surface area contributed by atoms with Crippen LogP contribution < -0.4 is 10.5 Å².